The Kier molecular flexibility index (Phi) is 2.81. The molecule has 2 heterocycles. The fourth-order valence-electron chi connectivity index (χ4n) is 1.88. The van der Waals surface area contributed by atoms with Crippen LogP contribution in [0.3, 0.4) is 0 Å². The van der Waals surface area contributed by atoms with E-state index in [1.807, 2.05) is 24.3 Å². The highest BCUT2D eigenvalue weighted by atomic mass is 15.4. The summed E-state index contributed by atoms with van der Waals surface area (Å²) < 4.78 is 1.64. The quantitative estimate of drug-likeness (QED) is 0.697. The predicted octanol–water partition coefficient (Wildman–Crippen LogP) is 0.310. The number of rotatable bonds is 3. The molecule has 3 aromatic rings. The molecule has 0 atom stereocenters. The van der Waals surface area contributed by atoms with E-state index in [-0.39, 0.29) is 0 Å². The van der Waals surface area contributed by atoms with Gasteiger partial charge in [-0.05, 0) is 12.1 Å². The molecular formula is C12H13N7. The zero-order valence-electron chi connectivity index (χ0n) is 10.2. The maximum Gasteiger partial charge on any atom is 0.152 e. The van der Waals surface area contributed by atoms with Crippen LogP contribution in [0.5, 0.6) is 0 Å². The van der Waals surface area contributed by atoms with E-state index >= 15 is 0 Å². The Morgan fingerprint density at radius 1 is 1.16 bits per heavy atom. The van der Waals surface area contributed by atoms with E-state index in [1.54, 1.807) is 10.9 Å². The molecule has 0 amide bonds. The first-order chi connectivity index (χ1) is 9.26. The molecule has 7 heteroatoms. The number of hydrogen-bond acceptors (Lipinski definition) is 6. The van der Waals surface area contributed by atoms with Gasteiger partial charge in [0.15, 0.2) is 5.82 Å². The average molecular weight is 255 g/mol. The van der Waals surface area contributed by atoms with Gasteiger partial charge in [-0.2, -0.15) is 0 Å². The Morgan fingerprint density at radius 2 is 2.00 bits per heavy atom. The highest BCUT2D eigenvalue weighted by Gasteiger charge is 2.06. The molecule has 0 radical (unpaired) electrons. The van der Waals surface area contributed by atoms with E-state index in [0.717, 1.165) is 16.6 Å². The summed E-state index contributed by atoms with van der Waals surface area (Å²) in [4.78, 5) is 8.73. The van der Waals surface area contributed by atoms with Crippen LogP contribution in [0.4, 0.5) is 5.82 Å². The lowest BCUT2D eigenvalue weighted by Crippen LogP contribution is -2.07. The smallest absolute Gasteiger partial charge is 0.152 e. The summed E-state index contributed by atoms with van der Waals surface area (Å²) in [5, 5.41) is 8.73. The van der Waals surface area contributed by atoms with Crippen molar-refractivity contribution in [3.63, 3.8) is 0 Å². The molecule has 19 heavy (non-hydrogen) atoms. The van der Waals surface area contributed by atoms with Crippen molar-refractivity contribution in [1.82, 2.24) is 25.0 Å². The number of nitrogens with zero attached hydrogens (tertiary/aromatic N) is 5. The van der Waals surface area contributed by atoms with Crippen molar-refractivity contribution < 1.29 is 0 Å². The summed E-state index contributed by atoms with van der Waals surface area (Å²) >= 11 is 0. The molecule has 0 aliphatic carbocycles. The third-order valence-corrected chi connectivity index (χ3v) is 2.78. The topological polar surface area (TPSA) is 109 Å². The second-order valence-electron chi connectivity index (χ2n) is 4.15. The Bertz CT molecular complexity index is 719. The first-order valence-corrected chi connectivity index (χ1v) is 5.86. The summed E-state index contributed by atoms with van der Waals surface area (Å²) in [6, 6.07) is 7.63. The number of nitrogen functional groups attached to an aromatic ring is 1. The van der Waals surface area contributed by atoms with Crippen molar-refractivity contribution >= 4 is 16.7 Å². The zero-order valence-corrected chi connectivity index (χ0v) is 10.2. The van der Waals surface area contributed by atoms with Gasteiger partial charge >= 0.3 is 0 Å². The van der Waals surface area contributed by atoms with E-state index in [1.165, 1.54) is 0 Å². The molecule has 0 unspecified atom stereocenters. The van der Waals surface area contributed by atoms with Crippen molar-refractivity contribution in [3.05, 3.63) is 42.0 Å². The third kappa shape index (κ3) is 2.23. The third-order valence-electron chi connectivity index (χ3n) is 2.78. The summed E-state index contributed by atoms with van der Waals surface area (Å²) in [5.74, 6) is 1.07. The summed E-state index contributed by atoms with van der Waals surface area (Å²) in [6.45, 7) is 0.781. The molecule has 2 aromatic heterocycles. The minimum atomic E-state index is 0.362. The summed E-state index contributed by atoms with van der Waals surface area (Å²) in [5.41, 5.74) is 13.0. The molecule has 0 saturated carbocycles. The number of aromatic nitrogens is 5. The van der Waals surface area contributed by atoms with Crippen molar-refractivity contribution in [2.45, 2.75) is 13.1 Å². The van der Waals surface area contributed by atoms with Gasteiger partial charge in [-0.3, -0.25) is 0 Å². The van der Waals surface area contributed by atoms with Crippen LogP contribution in [0.2, 0.25) is 0 Å². The molecule has 0 bridgehead atoms. The lowest BCUT2D eigenvalue weighted by molar-refractivity contribution is 0.627. The van der Waals surface area contributed by atoms with Gasteiger partial charge in [0.1, 0.15) is 12.4 Å². The molecule has 3 rings (SSSR count). The van der Waals surface area contributed by atoms with Crippen LogP contribution in [-0.2, 0) is 13.1 Å². The summed E-state index contributed by atoms with van der Waals surface area (Å²) in [6.07, 6.45) is 1.77. The predicted molar refractivity (Wildman–Crippen MR) is 71.0 cm³/mol. The molecule has 4 N–H and O–H groups in total. The van der Waals surface area contributed by atoms with Gasteiger partial charge in [-0.15, -0.1) is 5.10 Å². The molecule has 0 aliphatic heterocycles. The van der Waals surface area contributed by atoms with E-state index in [2.05, 4.69) is 20.3 Å². The lowest BCUT2D eigenvalue weighted by Gasteiger charge is -2.04. The van der Waals surface area contributed by atoms with Crippen LogP contribution in [0, 0.1) is 0 Å². The average Bonchev–Trinajstić information content (AvgIpc) is 2.86. The molecule has 0 saturated heterocycles. The maximum atomic E-state index is 5.93. The fraction of sp³-hybridized carbons (Fsp3) is 0.167. The van der Waals surface area contributed by atoms with E-state index in [0.29, 0.717) is 24.7 Å². The van der Waals surface area contributed by atoms with Gasteiger partial charge in [0.2, 0.25) is 0 Å². The van der Waals surface area contributed by atoms with Crippen molar-refractivity contribution in [1.29, 1.82) is 0 Å². The van der Waals surface area contributed by atoms with Gasteiger partial charge in [-0.25, -0.2) is 14.6 Å². The van der Waals surface area contributed by atoms with Crippen LogP contribution in [0.25, 0.3) is 10.9 Å². The second-order valence-corrected chi connectivity index (χ2v) is 4.15. The monoisotopic (exact) mass is 255 g/mol. The second kappa shape index (κ2) is 4.62. The minimum Gasteiger partial charge on any atom is -0.383 e. The SMILES string of the molecule is NCc1cn(Cc2nc(N)c3ccccc3n2)nn1. The van der Waals surface area contributed by atoms with Crippen molar-refractivity contribution in [2.24, 2.45) is 5.73 Å². The van der Waals surface area contributed by atoms with Crippen LogP contribution < -0.4 is 11.5 Å². The van der Waals surface area contributed by atoms with Gasteiger partial charge in [0.25, 0.3) is 0 Å². The van der Waals surface area contributed by atoms with Crippen LogP contribution in [-0.4, -0.2) is 25.0 Å². The maximum absolute atomic E-state index is 5.93. The number of benzene rings is 1. The van der Waals surface area contributed by atoms with Gasteiger partial charge in [0, 0.05) is 11.9 Å². The molecule has 1 aromatic carbocycles. The number of anilines is 1. The number of hydrogen-bond donors (Lipinski definition) is 2. The molecular weight excluding hydrogens is 242 g/mol. The van der Waals surface area contributed by atoms with Crippen molar-refractivity contribution in [3.8, 4) is 0 Å². The van der Waals surface area contributed by atoms with E-state index in [4.69, 9.17) is 11.5 Å². The van der Waals surface area contributed by atoms with Gasteiger partial charge in [-0.1, -0.05) is 17.3 Å². The van der Waals surface area contributed by atoms with E-state index in [9.17, 15) is 0 Å². The van der Waals surface area contributed by atoms with Crippen LogP contribution in [0.15, 0.2) is 30.5 Å². The Balaban J connectivity index is 1.96. The Labute approximate surface area is 109 Å². The molecule has 0 fully saturated rings. The first kappa shape index (κ1) is 11.5. The molecule has 0 aliphatic rings. The molecule has 7 nitrogen and oxygen atoms in total. The first-order valence-electron chi connectivity index (χ1n) is 5.86. The molecule has 0 spiro atoms. The fourth-order valence-corrected chi connectivity index (χ4v) is 1.88. The largest absolute Gasteiger partial charge is 0.383 e. The highest BCUT2D eigenvalue weighted by molar-refractivity contribution is 5.87. The zero-order chi connectivity index (χ0) is 13.2. The Hall–Kier alpha value is -2.54. The van der Waals surface area contributed by atoms with Gasteiger partial charge in [0.05, 0.1) is 17.4 Å². The minimum absolute atomic E-state index is 0.362. The lowest BCUT2D eigenvalue weighted by atomic mass is 10.2. The Morgan fingerprint density at radius 3 is 2.79 bits per heavy atom. The van der Waals surface area contributed by atoms with Crippen LogP contribution >= 0.6 is 0 Å². The number of fused-ring (bicyclic) bond motifs is 1. The van der Waals surface area contributed by atoms with E-state index < -0.39 is 0 Å². The summed E-state index contributed by atoms with van der Waals surface area (Å²) in [7, 11) is 0. The normalized spacial score (nSPS) is 11.0. The number of para-hydroxylation sites is 1. The standard InChI is InChI=1S/C12H13N7/c13-5-8-6-19(18-17-8)7-11-15-10-4-2-1-3-9(10)12(14)16-11/h1-4,6H,5,7,13H2,(H2,14,15,16). The number of nitrogens with two attached hydrogens (primary N) is 2. The van der Waals surface area contributed by atoms with Crippen molar-refractivity contribution in [2.75, 3.05) is 5.73 Å². The molecule has 96 valence electrons. The van der Waals surface area contributed by atoms with Gasteiger partial charge < -0.3 is 11.5 Å². The highest BCUT2D eigenvalue weighted by Crippen LogP contribution is 2.17. The van der Waals surface area contributed by atoms with Crippen LogP contribution in [0.1, 0.15) is 11.5 Å².